The van der Waals surface area contributed by atoms with Gasteiger partial charge in [0.25, 0.3) is 0 Å². The lowest BCUT2D eigenvalue weighted by Crippen LogP contribution is -1.95. The second-order valence-corrected chi connectivity index (χ2v) is 4.03. The molecule has 0 N–H and O–H groups in total. The molecule has 0 spiro atoms. The normalized spacial score (nSPS) is 49.7. The highest BCUT2D eigenvalue weighted by Gasteiger charge is 2.34. The van der Waals surface area contributed by atoms with Crippen LogP contribution in [0.5, 0.6) is 0 Å². The van der Waals surface area contributed by atoms with E-state index in [4.69, 9.17) is 0 Å². The molecule has 0 nitrogen and oxygen atoms in total. The van der Waals surface area contributed by atoms with E-state index in [1.807, 2.05) is 0 Å². The highest BCUT2D eigenvalue weighted by atomic mass is 14.4. The van der Waals surface area contributed by atoms with Gasteiger partial charge in [-0.1, -0.05) is 26.2 Å². The van der Waals surface area contributed by atoms with Crippen molar-refractivity contribution >= 4 is 0 Å². The number of fused-ring (bicyclic) bond motifs is 1. The summed E-state index contributed by atoms with van der Waals surface area (Å²) in [5.41, 5.74) is 0. The van der Waals surface area contributed by atoms with Crippen LogP contribution in [0.1, 0.15) is 39.0 Å². The summed E-state index contributed by atoms with van der Waals surface area (Å²) in [7, 11) is 0. The summed E-state index contributed by atoms with van der Waals surface area (Å²) in [4.78, 5) is 0. The summed E-state index contributed by atoms with van der Waals surface area (Å²) in [5, 5.41) is 0. The first-order chi connectivity index (χ1) is 4.36. The molecule has 0 amide bonds. The molecular formula is C9H16. The van der Waals surface area contributed by atoms with Crippen LogP contribution in [-0.2, 0) is 0 Å². The maximum atomic E-state index is 2.42. The van der Waals surface area contributed by atoms with Gasteiger partial charge in [-0.15, -0.1) is 0 Å². The minimum Gasteiger partial charge on any atom is -0.0625 e. The molecular weight excluding hydrogens is 108 g/mol. The van der Waals surface area contributed by atoms with E-state index in [1.54, 1.807) is 25.7 Å². The van der Waals surface area contributed by atoms with Gasteiger partial charge in [0.15, 0.2) is 0 Å². The fourth-order valence-corrected chi connectivity index (χ4v) is 2.86. The molecule has 3 atom stereocenters. The molecule has 0 aromatic carbocycles. The van der Waals surface area contributed by atoms with E-state index in [2.05, 4.69) is 6.92 Å². The third kappa shape index (κ3) is 0.889. The summed E-state index contributed by atoms with van der Waals surface area (Å²) < 4.78 is 0. The van der Waals surface area contributed by atoms with Crippen molar-refractivity contribution < 1.29 is 0 Å². The second kappa shape index (κ2) is 2.00. The highest BCUT2D eigenvalue weighted by Crippen LogP contribution is 2.46. The Morgan fingerprint density at radius 3 is 2.11 bits per heavy atom. The lowest BCUT2D eigenvalue weighted by atomic mass is 10.0. The molecule has 0 heteroatoms. The van der Waals surface area contributed by atoms with Gasteiger partial charge < -0.3 is 0 Å². The van der Waals surface area contributed by atoms with Gasteiger partial charge >= 0.3 is 0 Å². The maximum Gasteiger partial charge on any atom is -0.0383 e. The molecule has 1 unspecified atom stereocenters. The van der Waals surface area contributed by atoms with E-state index < -0.39 is 0 Å². The van der Waals surface area contributed by atoms with Crippen LogP contribution in [0.4, 0.5) is 0 Å². The van der Waals surface area contributed by atoms with E-state index >= 15 is 0 Å². The first-order valence-electron chi connectivity index (χ1n) is 4.36. The van der Waals surface area contributed by atoms with Gasteiger partial charge in [0.05, 0.1) is 0 Å². The average molecular weight is 124 g/mol. The molecule has 2 saturated carbocycles. The van der Waals surface area contributed by atoms with Crippen molar-refractivity contribution in [3.63, 3.8) is 0 Å². The zero-order chi connectivity index (χ0) is 6.27. The minimum atomic E-state index is 1.06. The van der Waals surface area contributed by atoms with Crippen molar-refractivity contribution in [3.05, 3.63) is 0 Å². The molecule has 0 saturated heterocycles. The molecule has 0 bridgehead atoms. The molecule has 2 aliphatic carbocycles. The SMILES string of the molecule is C[C@@H]1CC2CCC[C@@H]2C1. The summed E-state index contributed by atoms with van der Waals surface area (Å²) in [6, 6.07) is 0. The van der Waals surface area contributed by atoms with Crippen LogP contribution in [-0.4, -0.2) is 0 Å². The van der Waals surface area contributed by atoms with Crippen molar-refractivity contribution in [1.82, 2.24) is 0 Å². The van der Waals surface area contributed by atoms with Gasteiger partial charge in [-0.3, -0.25) is 0 Å². The predicted molar refractivity (Wildman–Crippen MR) is 39.2 cm³/mol. The summed E-state index contributed by atoms with van der Waals surface area (Å²) in [5.74, 6) is 3.36. The van der Waals surface area contributed by atoms with E-state index in [1.165, 1.54) is 6.42 Å². The fraction of sp³-hybridized carbons (Fsp3) is 1.00. The zero-order valence-corrected chi connectivity index (χ0v) is 6.27. The Labute approximate surface area is 57.6 Å². The summed E-state index contributed by atoms with van der Waals surface area (Å²) in [6.07, 6.45) is 7.72. The van der Waals surface area contributed by atoms with Gasteiger partial charge in [-0.2, -0.15) is 0 Å². The Kier molecular flexibility index (Phi) is 1.28. The van der Waals surface area contributed by atoms with E-state index in [0.717, 1.165) is 17.8 Å². The molecule has 52 valence electrons. The van der Waals surface area contributed by atoms with E-state index in [0.29, 0.717) is 0 Å². The van der Waals surface area contributed by atoms with Gasteiger partial charge in [0.1, 0.15) is 0 Å². The molecule has 2 rings (SSSR count). The van der Waals surface area contributed by atoms with Crippen LogP contribution in [0.15, 0.2) is 0 Å². The summed E-state index contributed by atoms with van der Waals surface area (Å²) in [6.45, 7) is 2.42. The Bertz CT molecular complexity index is 94.6. The van der Waals surface area contributed by atoms with Crippen LogP contribution in [0.25, 0.3) is 0 Å². The standard InChI is InChI=1S/C9H16/c1-7-5-8-3-2-4-9(8)6-7/h7-9H,2-6H2,1H3/t7-,8+,9?/m0/s1. The largest absolute Gasteiger partial charge is 0.0625 e. The van der Waals surface area contributed by atoms with Gasteiger partial charge in [-0.25, -0.2) is 0 Å². The first-order valence-corrected chi connectivity index (χ1v) is 4.36. The average Bonchev–Trinajstić information content (AvgIpc) is 2.22. The number of hydrogen-bond donors (Lipinski definition) is 0. The molecule has 2 fully saturated rings. The van der Waals surface area contributed by atoms with Crippen LogP contribution in [0.2, 0.25) is 0 Å². The Hall–Kier alpha value is 0. The topological polar surface area (TPSA) is 0 Å². The fourth-order valence-electron chi connectivity index (χ4n) is 2.86. The van der Waals surface area contributed by atoms with Crippen molar-refractivity contribution in [2.45, 2.75) is 39.0 Å². The smallest absolute Gasteiger partial charge is 0.0383 e. The van der Waals surface area contributed by atoms with Crippen molar-refractivity contribution in [1.29, 1.82) is 0 Å². The van der Waals surface area contributed by atoms with Crippen LogP contribution in [0, 0.1) is 17.8 Å². The molecule has 0 radical (unpaired) electrons. The monoisotopic (exact) mass is 124 g/mol. The molecule has 0 aromatic rings. The number of hydrogen-bond acceptors (Lipinski definition) is 0. The lowest BCUT2D eigenvalue weighted by Gasteiger charge is -2.04. The Morgan fingerprint density at radius 2 is 1.56 bits per heavy atom. The minimum absolute atomic E-state index is 1.06. The molecule has 0 aromatic heterocycles. The highest BCUT2D eigenvalue weighted by molar-refractivity contribution is 4.85. The van der Waals surface area contributed by atoms with Crippen molar-refractivity contribution in [3.8, 4) is 0 Å². The Balaban J connectivity index is 2.02. The predicted octanol–water partition coefficient (Wildman–Crippen LogP) is 2.83. The van der Waals surface area contributed by atoms with E-state index in [9.17, 15) is 0 Å². The van der Waals surface area contributed by atoms with Gasteiger partial charge in [-0.05, 0) is 30.6 Å². The van der Waals surface area contributed by atoms with E-state index in [-0.39, 0.29) is 0 Å². The molecule has 2 aliphatic rings. The number of rotatable bonds is 0. The maximum absolute atomic E-state index is 2.42. The molecule has 9 heavy (non-hydrogen) atoms. The first kappa shape index (κ1) is 5.76. The van der Waals surface area contributed by atoms with Gasteiger partial charge in [0.2, 0.25) is 0 Å². The van der Waals surface area contributed by atoms with Crippen LogP contribution >= 0.6 is 0 Å². The quantitative estimate of drug-likeness (QED) is 0.466. The Morgan fingerprint density at radius 1 is 1.00 bits per heavy atom. The lowest BCUT2D eigenvalue weighted by molar-refractivity contribution is 0.457. The van der Waals surface area contributed by atoms with Crippen molar-refractivity contribution in [2.75, 3.05) is 0 Å². The van der Waals surface area contributed by atoms with Crippen molar-refractivity contribution in [2.24, 2.45) is 17.8 Å². The third-order valence-electron chi connectivity index (χ3n) is 3.23. The van der Waals surface area contributed by atoms with Gasteiger partial charge in [0, 0.05) is 0 Å². The zero-order valence-electron chi connectivity index (χ0n) is 6.27. The third-order valence-corrected chi connectivity index (χ3v) is 3.23. The van der Waals surface area contributed by atoms with Crippen LogP contribution < -0.4 is 0 Å². The van der Waals surface area contributed by atoms with Crippen LogP contribution in [0.3, 0.4) is 0 Å². The molecule has 0 aliphatic heterocycles. The molecule has 0 heterocycles. The second-order valence-electron chi connectivity index (χ2n) is 4.03. The summed E-state index contributed by atoms with van der Waals surface area (Å²) >= 11 is 0.